The molecule has 74 valence electrons. The van der Waals surface area contributed by atoms with Gasteiger partial charge in [-0.25, -0.2) is 0 Å². The Kier molecular flexibility index (Phi) is 2.20. The maximum absolute atomic E-state index is 5.25. The number of allylic oxidation sites excluding steroid dienone is 2. The van der Waals surface area contributed by atoms with Gasteiger partial charge in [0.15, 0.2) is 11.5 Å². The van der Waals surface area contributed by atoms with E-state index in [9.17, 15) is 0 Å². The predicted molar refractivity (Wildman–Crippen MR) is 56.9 cm³/mol. The smallest absolute Gasteiger partial charge is 0.161 e. The summed E-state index contributed by atoms with van der Waals surface area (Å²) in [6.45, 7) is 2.06. The van der Waals surface area contributed by atoms with Crippen molar-refractivity contribution in [3.8, 4) is 11.5 Å². The highest BCUT2D eigenvalue weighted by atomic mass is 16.5. The average molecular weight is 190 g/mol. The average Bonchev–Trinajstić information content (AvgIpc) is 2.20. The molecule has 0 N–H and O–H groups in total. The lowest BCUT2D eigenvalue weighted by molar-refractivity contribution is 0.354. The summed E-state index contributed by atoms with van der Waals surface area (Å²) in [4.78, 5) is 0. The van der Waals surface area contributed by atoms with Gasteiger partial charge in [-0.2, -0.15) is 0 Å². The number of benzene rings is 1. The van der Waals surface area contributed by atoms with Gasteiger partial charge in [0.1, 0.15) is 0 Å². The van der Waals surface area contributed by atoms with E-state index in [0.29, 0.717) is 0 Å². The molecule has 2 nitrogen and oxygen atoms in total. The maximum atomic E-state index is 5.25. The van der Waals surface area contributed by atoms with Crippen LogP contribution < -0.4 is 9.47 Å². The highest BCUT2D eigenvalue weighted by Gasteiger charge is 2.21. The zero-order chi connectivity index (χ0) is 10.1. The maximum Gasteiger partial charge on any atom is 0.161 e. The number of hydrogen-bond donors (Lipinski definition) is 0. The summed E-state index contributed by atoms with van der Waals surface area (Å²) in [7, 11) is 3.33. The quantitative estimate of drug-likeness (QED) is 0.713. The van der Waals surface area contributed by atoms with Gasteiger partial charge < -0.3 is 9.47 Å². The number of methoxy groups -OCH3 is 2. The lowest BCUT2D eigenvalue weighted by atomic mass is 9.82. The summed E-state index contributed by atoms with van der Waals surface area (Å²) in [6.07, 6.45) is 3.19. The molecule has 0 atom stereocenters. The fourth-order valence-corrected chi connectivity index (χ4v) is 1.82. The molecule has 1 aromatic carbocycles. The molecular weight excluding hydrogens is 176 g/mol. The van der Waals surface area contributed by atoms with Crippen molar-refractivity contribution < 1.29 is 9.47 Å². The van der Waals surface area contributed by atoms with E-state index in [-0.39, 0.29) is 0 Å². The molecule has 2 heteroatoms. The minimum Gasteiger partial charge on any atom is -0.493 e. The van der Waals surface area contributed by atoms with Crippen molar-refractivity contribution in [1.29, 1.82) is 0 Å². The van der Waals surface area contributed by atoms with Crippen molar-refractivity contribution in [2.75, 3.05) is 14.2 Å². The minimum absolute atomic E-state index is 0.810. The van der Waals surface area contributed by atoms with Crippen molar-refractivity contribution in [2.24, 2.45) is 0 Å². The first-order valence-electron chi connectivity index (χ1n) is 4.70. The molecular formula is C12H14O2. The summed E-state index contributed by atoms with van der Waals surface area (Å²) in [5, 5.41) is 0. The molecule has 14 heavy (non-hydrogen) atoms. The predicted octanol–water partition coefficient (Wildman–Crippen LogP) is 2.66. The van der Waals surface area contributed by atoms with Crippen LogP contribution in [0.2, 0.25) is 0 Å². The van der Waals surface area contributed by atoms with Crippen molar-refractivity contribution in [3.63, 3.8) is 0 Å². The van der Waals surface area contributed by atoms with Gasteiger partial charge in [-0.15, -0.1) is 0 Å². The fraction of sp³-hybridized carbons (Fsp3) is 0.333. The Hall–Kier alpha value is -1.44. The van der Waals surface area contributed by atoms with E-state index in [4.69, 9.17) is 9.47 Å². The molecule has 1 aliphatic carbocycles. The van der Waals surface area contributed by atoms with E-state index in [2.05, 4.69) is 19.1 Å². The van der Waals surface area contributed by atoms with Crippen LogP contribution in [0.15, 0.2) is 18.2 Å². The minimum atomic E-state index is 0.810. The van der Waals surface area contributed by atoms with Crippen molar-refractivity contribution >= 4 is 5.57 Å². The van der Waals surface area contributed by atoms with Crippen LogP contribution >= 0.6 is 0 Å². The lowest BCUT2D eigenvalue weighted by Gasteiger charge is -2.24. The van der Waals surface area contributed by atoms with E-state index < -0.39 is 0 Å². The number of fused-ring (bicyclic) bond motifs is 1. The molecule has 0 spiro atoms. The molecule has 0 saturated carbocycles. The Morgan fingerprint density at radius 1 is 1.14 bits per heavy atom. The third kappa shape index (κ3) is 1.18. The first-order valence-corrected chi connectivity index (χ1v) is 4.70. The molecule has 1 aromatic rings. The molecule has 0 heterocycles. The van der Waals surface area contributed by atoms with Crippen LogP contribution in [-0.4, -0.2) is 14.2 Å². The number of hydrogen-bond acceptors (Lipinski definition) is 2. The Bertz CT molecular complexity index is 392. The molecule has 0 fully saturated rings. The van der Waals surface area contributed by atoms with Crippen LogP contribution in [0.1, 0.15) is 18.1 Å². The molecule has 1 aliphatic rings. The van der Waals surface area contributed by atoms with Gasteiger partial charge in [-0.3, -0.25) is 0 Å². The number of ether oxygens (including phenoxy) is 2. The molecule has 0 amide bonds. The van der Waals surface area contributed by atoms with Crippen LogP contribution in [0.3, 0.4) is 0 Å². The zero-order valence-electron chi connectivity index (χ0n) is 8.76. The van der Waals surface area contributed by atoms with Crippen molar-refractivity contribution in [3.05, 3.63) is 29.3 Å². The standard InChI is InChI=1S/C12H14O2/c1-4-8-5-9-6-11(13-2)12(14-3)7-10(8)9/h4,6-7H,5H2,1-3H3. The van der Waals surface area contributed by atoms with E-state index in [1.54, 1.807) is 14.2 Å². The first-order chi connectivity index (χ1) is 6.80. The normalized spacial score (nSPS) is 16.1. The summed E-state index contributed by atoms with van der Waals surface area (Å²) < 4.78 is 10.5. The van der Waals surface area contributed by atoms with Gasteiger partial charge in [0, 0.05) is 0 Å². The Labute approximate surface area is 84.2 Å². The van der Waals surface area contributed by atoms with Gasteiger partial charge in [-0.05, 0) is 42.2 Å². The van der Waals surface area contributed by atoms with Crippen molar-refractivity contribution in [2.45, 2.75) is 13.3 Å². The Morgan fingerprint density at radius 2 is 1.79 bits per heavy atom. The van der Waals surface area contributed by atoms with E-state index in [1.165, 1.54) is 16.7 Å². The third-order valence-electron chi connectivity index (χ3n) is 2.68. The van der Waals surface area contributed by atoms with Gasteiger partial charge in [0.05, 0.1) is 14.2 Å². The van der Waals surface area contributed by atoms with E-state index in [1.807, 2.05) is 6.07 Å². The van der Waals surface area contributed by atoms with Crippen LogP contribution in [0.25, 0.3) is 5.57 Å². The second-order valence-electron chi connectivity index (χ2n) is 3.36. The summed E-state index contributed by atoms with van der Waals surface area (Å²) >= 11 is 0. The molecule has 2 rings (SSSR count). The largest absolute Gasteiger partial charge is 0.493 e. The van der Waals surface area contributed by atoms with Crippen molar-refractivity contribution in [1.82, 2.24) is 0 Å². The van der Waals surface area contributed by atoms with Gasteiger partial charge in [0.25, 0.3) is 0 Å². The molecule has 0 bridgehead atoms. The zero-order valence-corrected chi connectivity index (χ0v) is 8.76. The first kappa shape index (κ1) is 9.13. The summed E-state index contributed by atoms with van der Waals surface area (Å²) in [5.41, 5.74) is 4.03. The summed E-state index contributed by atoms with van der Waals surface area (Å²) in [5.74, 6) is 1.63. The van der Waals surface area contributed by atoms with E-state index in [0.717, 1.165) is 17.9 Å². The number of rotatable bonds is 2. The lowest BCUT2D eigenvalue weighted by Crippen LogP contribution is -2.08. The monoisotopic (exact) mass is 190 g/mol. The molecule has 0 aliphatic heterocycles. The SMILES string of the molecule is CC=C1Cc2cc(OC)c(OC)cc21. The Balaban J connectivity index is 2.48. The topological polar surface area (TPSA) is 18.5 Å². The fourth-order valence-electron chi connectivity index (χ4n) is 1.82. The second-order valence-corrected chi connectivity index (χ2v) is 3.36. The second kappa shape index (κ2) is 3.37. The Morgan fingerprint density at radius 3 is 2.36 bits per heavy atom. The van der Waals surface area contributed by atoms with Crippen LogP contribution in [0.4, 0.5) is 0 Å². The molecule has 0 unspecified atom stereocenters. The molecule has 0 radical (unpaired) electrons. The third-order valence-corrected chi connectivity index (χ3v) is 2.68. The van der Waals surface area contributed by atoms with Crippen LogP contribution in [0.5, 0.6) is 11.5 Å². The molecule has 0 saturated heterocycles. The van der Waals surface area contributed by atoms with Crippen LogP contribution in [-0.2, 0) is 6.42 Å². The van der Waals surface area contributed by atoms with Crippen LogP contribution in [0, 0.1) is 0 Å². The highest BCUT2D eigenvalue weighted by molar-refractivity contribution is 5.81. The highest BCUT2D eigenvalue weighted by Crippen LogP contribution is 2.41. The van der Waals surface area contributed by atoms with E-state index >= 15 is 0 Å². The van der Waals surface area contributed by atoms with Gasteiger partial charge in [0.2, 0.25) is 0 Å². The van der Waals surface area contributed by atoms with Gasteiger partial charge in [-0.1, -0.05) is 6.08 Å². The summed E-state index contributed by atoms with van der Waals surface area (Å²) in [6, 6.07) is 4.11. The molecule has 0 aromatic heterocycles. The van der Waals surface area contributed by atoms with Gasteiger partial charge >= 0.3 is 0 Å².